The molecule has 0 aliphatic rings. The number of carbonyl (C=O) groups is 1. The minimum atomic E-state index is -0.209. The molecule has 4 nitrogen and oxygen atoms in total. The van der Waals surface area contributed by atoms with Gasteiger partial charge in [0.05, 0.1) is 6.26 Å². The van der Waals surface area contributed by atoms with E-state index in [2.05, 4.69) is 5.32 Å². The van der Waals surface area contributed by atoms with Gasteiger partial charge in [-0.3, -0.25) is 4.79 Å². The van der Waals surface area contributed by atoms with Crippen LogP contribution >= 0.6 is 0 Å². The Bertz CT molecular complexity index is 292. The van der Waals surface area contributed by atoms with E-state index in [0.29, 0.717) is 12.3 Å². The van der Waals surface area contributed by atoms with Gasteiger partial charge in [-0.25, -0.2) is 0 Å². The van der Waals surface area contributed by atoms with E-state index in [4.69, 9.17) is 10.2 Å². The fraction of sp³-hybridized carbons (Fsp3) is 0.444. The number of nitrogens with one attached hydrogen (secondary N) is 1. The van der Waals surface area contributed by atoms with Gasteiger partial charge in [0, 0.05) is 18.2 Å². The molecule has 72 valence electrons. The van der Waals surface area contributed by atoms with E-state index in [1.807, 2.05) is 13.8 Å². The van der Waals surface area contributed by atoms with Crippen molar-refractivity contribution >= 4 is 5.91 Å². The molecule has 0 bridgehead atoms. The number of nitrogens with two attached hydrogens (primary N) is 1. The molecule has 0 aliphatic carbocycles. The third-order valence-corrected chi connectivity index (χ3v) is 1.65. The smallest absolute Gasteiger partial charge is 0.287 e. The average molecular weight is 182 g/mol. The van der Waals surface area contributed by atoms with Gasteiger partial charge >= 0.3 is 0 Å². The maximum absolute atomic E-state index is 11.4. The van der Waals surface area contributed by atoms with Crippen molar-refractivity contribution in [1.29, 1.82) is 0 Å². The highest BCUT2D eigenvalue weighted by Gasteiger charge is 2.11. The summed E-state index contributed by atoms with van der Waals surface area (Å²) in [6.45, 7) is 4.11. The lowest BCUT2D eigenvalue weighted by Gasteiger charge is -2.05. The first-order valence-electron chi connectivity index (χ1n) is 4.19. The van der Waals surface area contributed by atoms with Crippen LogP contribution < -0.4 is 11.1 Å². The lowest BCUT2D eigenvalue weighted by Crippen LogP contribution is -2.35. The first-order valence-corrected chi connectivity index (χ1v) is 4.19. The molecule has 1 atom stereocenters. The van der Waals surface area contributed by atoms with Crippen LogP contribution in [-0.4, -0.2) is 18.5 Å². The molecule has 0 aliphatic heterocycles. The van der Waals surface area contributed by atoms with Crippen LogP contribution in [0.5, 0.6) is 0 Å². The molecule has 0 radical (unpaired) electrons. The Morgan fingerprint density at radius 1 is 1.77 bits per heavy atom. The fourth-order valence-electron chi connectivity index (χ4n) is 0.939. The second-order valence-corrected chi connectivity index (χ2v) is 3.12. The molecule has 1 unspecified atom stereocenters. The topological polar surface area (TPSA) is 68.3 Å². The number of amides is 1. The zero-order valence-electron chi connectivity index (χ0n) is 7.83. The Hall–Kier alpha value is -1.29. The Balaban J connectivity index is 2.54. The summed E-state index contributed by atoms with van der Waals surface area (Å²) in [5.74, 6) is 0.153. The summed E-state index contributed by atoms with van der Waals surface area (Å²) in [6, 6.07) is 1.71. The Kier molecular flexibility index (Phi) is 3.08. The third-order valence-electron chi connectivity index (χ3n) is 1.65. The van der Waals surface area contributed by atoms with Crippen molar-refractivity contribution in [3.8, 4) is 0 Å². The number of furan rings is 1. The first kappa shape index (κ1) is 9.80. The molecule has 1 amide bonds. The minimum Gasteiger partial charge on any atom is -0.459 e. The third kappa shape index (κ3) is 2.59. The predicted octanol–water partition coefficient (Wildman–Crippen LogP) is 0.665. The van der Waals surface area contributed by atoms with Crippen molar-refractivity contribution < 1.29 is 9.21 Å². The quantitative estimate of drug-likeness (QED) is 0.721. The first-order chi connectivity index (χ1) is 6.11. The largest absolute Gasteiger partial charge is 0.459 e. The highest BCUT2D eigenvalue weighted by atomic mass is 16.3. The zero-order valence-corrected chi connectivity index (χ0v) is 7.83. The molecule has 0 saturated heterocycles. The van der Waals surface area contributed by atoms with E-state index in [0.717, 1.165) is 5.56 Å². The number of carbonyl (C=O) groups excluding carboxylic acids is 1. The molecular formula is C9H14N2O2. The van der Waals surface area contributed by atoms with Crippen LogP contribution in [0.2, 0.25) is 0 Å². The van der Waals surface area contributed by atoms with Gasteiger partial charge in [-0.05, 0) is 19.9 Å². The van der Waals surface area contributed by atoms with E-state index < -0.39 is 0 Å². The molecule has 1 heterocycles. The van der Waals surface area contributed by atoms with Crippen LogP contribution in [-0.2, 0) is 0 Å². The summed E-state index contributed by atoms with van der Waals surface area (Å²) < 4.78 is 5.01. The number of rotatable bonds is 3. The number of hydrogen-bond donors (Lipinski definition) is 2. The normalized spacial score (nSPS) is 12.5. The summed E-state index contributed by atoms with van der Waals surface area (Å²) in [7, 11) is 0. The highest BCUT2D eigenvalue weighted by molar-refractivity contribution is 5.92. The fourth-order valence-corrected chi connectivity index (χ4v) is 0.939. The minimum absolute atomic E-state index is 0.0424. The molecule has 3 N–H and O–H groups in total. The molecule has 1 rings (SSSR count). The lowest BCUT2D eigenvalue weighted by atomic mass is 10.2. The van der Waals surface area contributed by atoms with Crippen molar-refractivity contribution in [3.05, 3.63) is 23.7 Å². The van der Waals surface area contributed by atoms with Crippen molar-refractivity contribution in [1.82, 2.24) is 5.32 Å². The van der Waals surface area contributed by atoms with Crippen LogP contribution in [0.4, 0.5) is 0 Å². The SMILES string of the molecule is Cc1ccoc1C(=O)NCC(C)N. The second kappa shape index (κ2) is 4.09. The highest BCUT2D eigenvalue weighted by Crippen LogP contribution is 2.07. The van der Waals surface area contributed by atoms with Gasteiger partial charge in [0.25, 0.3) is 5.91 Å². The van der Waals surface area contributed by atoms with Gasteiger partial charge < -0.3 is 15.5 Å². The standard InChI is InChI=1S/C9H14N2O2/c1-6-3-4-13-8(6)9(12)11-5-7(2)10/h3-4,7H,5,10H2,1-2H3,(H,11,12). The predicted molar refractivity (Wildman–Crippen MR) is 49.4 cm³/mol. The molecule has 0 spiro atoms. The van der Waals surface area contributed by atoms with Crippen LogP contribution in [0.1, 0.15) is 23.0 Å². The van der Waals surface area contributed by atoms with Gasteiger partial charge in [-0.1, -0.05) is 0 Å². The van der Waals surface area contributed by atoms with Gasteiger partial charge in [-0.2, -0.15) is 0 Å². The summed E-state index contributed by atoms with van der Waals surface area (Å²) in [5, 5.41) is 2.67. The zero-order chi connectivity index (χ0) is 9.84. The summed E-state index contributed by atoms with van der Waals surface area (Å²) >= 11 is 0. The lowest BCUT2D eigenvalue weighted by molar-refractivity contribution is 0.0923. The van der Waals surface area contributed by atoms with Gasteiger partial charge in [0.15, 0.2) is 5.76 Å². The van der Waals surface area contributed by atoms with E-state index in [1.165, 1.54) is 6.26 Å². The van der Waals surface area contributed by atoms with Gasteiger partial charge in [0.2, 0.25) is 0 Å². The Morgan fingerprint density at radius 2 is 2.46 bits per heavy atom. The van der Waals surface area contributed by atoms with Crippen LogP contribution in [0, 0.1) is 6.92 Å². The van der Waals surface area contributed by atoms with Crippen molar-refractivity contribution in [3.63, 3.8) is 0 Å². The molecule has 0 fully saturated rings. The summed E-state index contributed by atoms with van der Waals surface area (Å²) in [5.41, 5.74) is 6.32. The monoisotopic (exact) mass is 182 g/mol. The molecule has 1 aromatic heterocycles. The van der Waals surface area contributed by atoms with E-state index in [9.17, 15) is 4.79 Å². The van der Waals surface area contributed by atoms with Crippen LogP contribution in [0.25, 0.3) is 0 Å². The maximum atomic E-state index is 11.4. The maximum Gasteiger partial charge on any atom is 0.287 e. The molecule has 4 heteroatoms. The number of aryl methyl sites for hydroxylation is 1. The van der Waals surface area contributed by atoms with E-state index in [-0.39, 0.29) is 11.9 Å². The van der Waals surface area contributed by atoms with E-state index >= 15 is 0 Å². The van der Waals surface area contributed by atoms with E-state index in [1.54, 1.807) is 6.07 Å². The van der Waals surface area contributed by atoms with Gasteiger partial charge in [0.1, 0.15) is 0 Å². The van der Waals surface area contributed by atoms with Gasteiger partial charge in [-0.15, -0.1) is 0 Å². The van der Waals surface area contributed by atoms with Crippen molar-refractivity contribution in [2.45, 2.75) is 19.9 Å². The molecule has 0 saturated carbocycles. The number of hydrogen-bond acceptors (Lipinski definition) is 3. The summed E-state index contributed by atoms with van der Waals surface area (Å²) in [4.78, 5) is 11.4. The van der Waals surface area contributed by atoms with Crippen LogP contribution in [0.3, 0.4) is 0 Å². The molecular weight excluding hydrogens is 168 g/mol. The molecule has 0 aromatic carbocycles. The molecule has 1 aromatic rings. The van der Waals surface area contributed by atoms with Crippen LogP contribution in [0.15, 0.2) is 16.7 Å². The molecule has 13 heavy (non-hydrogen) atoms. The Labute approximate surface area is 77.1 Å². The van der Waals surface area contributed by atoms with Crippen molar-refractivity contribution in [2.75, 3.05) is 6.54 Å². The second-order valence-electron chi connectivity index (χ2n) is 3.12. The van der Waals surface area contributed by atoms with Crippen molar-refractivity contribution in [2.24, 2.45) is 5.73 Å². The average Bonchev–Trinajstić information content (AvgIpc) is 2.47. The summed E-state index contributed by atoms with van der Waals surface area (Å²) in [6.07, 6.45) is 1.50. The Morgan fingerprint density at radius 3 is 2.92 bits per heavy atom.